The third kappa shape index (κ3) is 3.87. The summed E-state index contributed by atoms with van der Waals surface area (Å²) in [5.74, 6) is -0.779. The molecule has 0 radical (unpaired) electrons. The first-order valence-electron chi connectivity index (χ1n) is 9.56. The molecule has 0 amide bonds. The van der Waals surface area contributed by atoms with E-state index in [9.17, 15) is 18.0 Å². The van der Waals surface area contributed by atoms with E-state index in [2.05, 4.69) is 0 Å². The normalized spacial score (nSPS) is 13.3. The largest absolute Gasteiger partial charge is 0.462 e. The van der Waals surface area contributed by atoms with Crippen LogP contribution in [0.3, 0.4) is 0 Å². The van der Waals surface area contributed by atoms with Crippen molar-refractivity contribution < 1.29 is 22.7 Å². The topological polar surface area (TPSA) is 44.1 Å². The molecule has 0 atom stereocenters. The number of pyridine rings is 1. The van der Waals surface area contributed by atoms with E-state index in [-0.39, 0.29) is 12.2 Å². The van der Waals surface area contributed by atoms with Gasteiger partial charge in [-0.15, -0.1) is 0 Å². The van der Waals surface area contributed by atoms with Crippen molar-refractivity contribution in [1.82, 2.24) is 9.55 Å². The fourth-order valence-corrected chi connectivity index (χ4v) is 3.56. The highest BCUT2D eigenvalue weighted by atomic mass is 19.4. The Kier molecular flexibility index (Phi) is 5.20. The van der Waals surface area contributed by atoms with Crippen LogP contribution in [0, 0.1) is 0 Å². The van der Waals surface area contributed by atoms with Gasteiger partial charge in [0.15, 0.2) is 0 Å². The van der Waals surface area contributed by atoms with Gasteiger partial charge in [0.25, 0.3) is 0 Å². The van der Waals surface area contributed by atoms with E-state index in [0.29, 0.717) is 23.9 Å². The van der Waals surface area contributed by atoms with Gasteiger partial charge in [0, 0.05) is 18.0 Å². The molecule has 4 rings (SSSR count). The Labute approximate surface area is 171 Å². The van der Waals surface area contributed by atoms with Gasteiger partial charge in [0.1, 0.15) is 0 Å². The molecule has 0 saturated heterocycles. The van der Waals surface area contributed by atoms with Crippen LogP contribution in [0.1, 0.15) is 39.8 Å². The lowest BCUT2D eigenvalue weighted by molar-refractivity contribution is -0.137. The molecule has 2 heterocycles. The van der Waals surface area contributed by atoms with E-state index in [1.165, 1.54) is 0 Å². The average Bonchev–Trinajstić information content (AvgIpc) is 2.95. The lowest BCUT2D eigenvalue weighted by Crippen LogP contribution is -2.12. The lowest BCUT2D eigenvalue weighted by atomic mass is 10.1. The Morgan fingerprint density at radius 2 is 2.03 bits per heavy atom. The maximum atomic E-state index is 13.3. The summed E-state index contributed by atoms with van der Waals surface area (Å²) in [7, 11) is 0. The zero-order chi connectivity index (χ0) is 21.3. The maximum absolute atomic E-state index is 13.3. The highest BCUT2D eigenvalue weighted by Crippen LogP contribution is 2.34. The van der Waals surface area contributed by atoms with Gasteiger partial charge >= 0.3 is 12.1 Å². The SMILES string of the molecule is CCOC(=O)c1cc(C(F)(F)F)cc2ccn(Cc3ccc4c(n3)CC=CC=C4)c12. The van der Waals surface area contributed by atoms with Gasteiger partial charge in [-0.3, -0.25) is 4.98 Å². The standard InChI is InChI=1S/C23H19F3N2O2/c1-2-30-22(29)19-13-17(23(24,25)26)12-16-10-11-28(21(16)19)14-18-9-8-15-6-4-3-5-7-20(15)27-18/h3-6,8-13H,2,7,14H2,1H3. The molecule has 1 aliphatic rings. The molecular weight excluding hydrogens is 393 g/mol. The molecule has 0 bridgehead atoms. The van der Waals surface area contributed by atoms with Crippen LogP contribution < -0.4 is 0 Å². The number of rotatable bonds is 4. The highest BCUT2D eigenvalue weighted by molar-refractivity contribution is 6.03. The third-order valence-corrected chi connectivity index (χ3v) is 4.92. The Morgan fingerprint density at radius 3 is 2.80 bits per heavy atom. The predicted octanol–water partition coefficient (Wildman–Crippen LogP) is 5.41. The van der Waals surface area contributed by atoms with Crippen LogP contribution in [0.4, 0.5) is 13.2 Å². The first-order chi connectivity index (χ1) is 14.4. The lowest BCUT2D eigenvalue weighted by Gasteiger charge is -2.13. The molecule has 0 aliphatic heterocycles. The van der Waals surface area contributed by atoms with E-state index in [1.54, 1.807) is 23.8 Å². The Morgan fingerprint density at radius 1 is 1.20 bits per heavy atom. The fraction of sp³-hybridized carbons (Fsp3) is 0.217. The number of nitrogens with zero attached hydrogens (tertiary/aromatic N) is 2. The van der Waals surface area contributed by atoms with Crippen molar-refractivity contribution in [3.8, 4) is 0 Å². The zero-order valence-corrected chi connectivity index (χ0v) is 16.2. The molecule has 30 heavy (non-hydrogen) atoms. The quantitative estimate of drug-likeness (QED) is 0.539. The summed E-state index contributed by atoms with van der Waals surface area (Å²) in [5.41, 5.74) is 2.13. The second-order valence-electron chi connectivity index (χ2n) is 6.95. The number of halogens is 3. The van der Waals surface area contributed by atoms with Gasteiger partial charge in [-0.25, -0.2) is 4.79 Å². The van der Waals surface area contributed by atoms with Crippen LogP contribution in [0.2, 0.25) is 0 Å². The van der Waals surface area contributed by atoms with E-state index >= 15 is 0 Å². The van der Waals surface area contributed by atoms with Crippen molar-refractivity contribution in [2.75, 3.05) is 6.61 Å². The number of esters is 1. The molecule has 1 aromatic carbocycles. The molecule has 4 nitrogen and oxygen atoms in total. The number of carbonyl (C=O) groups is 1. The van der Waals surface area contributed by atoms with E-state index in [4.69, 9.17) is 9.72 Å². The van der Waals surface area contributed by atoms with Crippen LogP contribution >= 0.6 is 0 Å². The first-order valence-corrected chi connectivity index (χ1v) is 9.56. The molecule has 7 heteroatoms. The summed E-state index contributed by atoms with van der Waals surface area (Å²) in [6.07, 6.45) is 5.73. The molecule has 0 unspecified atom stereocenters. The average molecular weight is 412 g/mol. The van der Waals surface area contributed by atoms with E-state index in [0.717, 1.165) is 29.1 Å². The Balaban J connectivity index is 1.78. The van der Waals surface area contributed by atoms with E-state index < -0.39 is 17.7 Å². The Bertz CT molecular complexity index is 1170. The van der Waals surface area contributed by atoms with Gasteiger partial charge < -0.3 is 9.30 Å². The highest BCUT2D eigenvalue weighted by Gasteiger charge is 2.33. The van der Waals surface area contributed by atoms with E-state index in [1.807, 2.05) is 36.4 Å². The van der Waals surface area contributed by atoms with Crippen LogP contribution in [-0.4, -0.2) is 22.1 Å². The molecule has 2 aromatic heterocycles. The zero-order valence-electron chi connectivity index (χ0n) is 16.2. The number of carbonyl (C=O) groups excluding carboxylic acids is 1. The minimum Gasteiger partial charge on any atom is -0.462 e. The maximum Gasteiger partial charge on any atom is 0.416 e. The summed E-state index contributed by atoms with van der Waals surface area (Å²) in [6, 6.07) is 7.34. The van der Waals surface area contributed by atoms with Crippen molar-refractivity contribution in [3.63, 3.8) is 0 Å². The van der Waals surface area contributed by atoms with Crippen LogP contribution in [0.15, 0.2) is 54.8 Å². The summed E-state index contributed by atoms with van der Waals surface area (Å²) in [5, 5.41) is 0.327. The van der Waals surface area contributed by atoms with Crippen LogP contribution in [0.5, 0.6) is 0 Å². The number of hydrogen-bond acceptors (Lipinski definition) is 3. The van der Waals surface area contributed by atoms with Crippen molar-refractivity contribution in [3.05, 3.63) is 82.8 Å². The monoisotopic (exact) mass is 412 g/mol. The predicted molar refractivity (Wildman–Crippen MR) is 108 cm³/mol. The number of aromatic nitrogens is 2. The van der Waals surface area contributed by atoms with Gasteiger partial charge in [-0.1, -0.05) is 30.4 Å². The van der Waals surface area contributed by atoms with Gasteiger partial charge in [-0.2, -0.15) is 13.2 Å². The number of fused-ring (bicyclic) bond motifs is 2. The molecule has 0 spiro atoms. The van der Waals surface area contributed by atoms with Crippen molar-refractivity contribution >= 4 is 22.9 Å². The third-order valence-electron chi connectivity index (χ3n) is 4.92. The molecule has 0 saturated carbocycles. The van der Waals surface area contributed by atoms with Gasteiger partial charge in [-0.05, 0) is 36.8 Å². The minimum atomic E-state index is -4.56. The molecule has 154 valence electrons. The van der Waals surface area contributed by atoms with Crippen LogP contribution in [0.25, 0.3) is 17.0 Å². The second kappa shape index (κ2) is 7.82. The smallest absolute Gasteiger partial charge is 0.416 e. The molecule has 3 aromatic rings. The van der Waals surface area contributed by atoms with Crippen molar-refractivity contribution in [2.24, 2.45) is 0 Å². The number of ether oxygens (including phenoxy) is 1. The van der Waals surface area contributed by atoms with Crippen molar-refractivity contribution in [1.29, 1.82) is 0 Å². The van der Waals surface area contributed by atoms with Crippen LogP contribution in [-0.2, 0) is 23.9 Å². The summed E-state index contributed by atoms with van der Waals surface area (Å²) in [4.78, 5) is 17.1. The molecule has 0 N–H and O–H groups in total. The summed E-state index contributed by atoms with van der Waals surface area (Å²) < 4.78 is 46.7. The number of benzene rings is 1. The number of allylic oxidation sites excluding steroid dienone is 3. The molecule has 1 aliphatic carbocycles. The molecular formula is C23H19F3N2O2. The van der Waals surface area contributed by atoms with Gasteiger partial charge in [0.2, 0.25) is 0 Å². The number of alkyl halides is 3. The summed E-state index contributed by atoms with van der Waals surface area (Å²) in [6.45, 7) is 2.01. The van der Waals surface area contributed by atoms with Gasteiger partial charge in [0.05, 0.1) is 41.2 Å². The first kappa shape index (κ1) is 19.9. The fourth-order valence-electron chi connectivity index (χ4n) is 3.56. The molecule has 0 fully saturated rings. The minimum absolute atomic E-state index is 0.0741. The van der Waals surface area contributed by atoms with Crippen molar-refractivity contribution in [2.45, 2.75) is 26.1 Å². The summed E-state index contributed by atoms with van der Waals surface area (Å²) >= 11 is 0. The second-order valence-corrected chi connectivity index (χ2v) is 6.95. The Hall–Kier alpha value is -3.35. The number of hydrogen-bond donors (Lipinski definition) is 0.